The van der Waals surface area contributed by atoms with E-state index in [1.54, 1.807) is 0 Å². The van der Waals surface area contributed by atoms with Gasteiger partial charge in [-0.25, -0.2) is 0 Å². The van der Waals surface area contributed by atoms with Crippen molar-refractivity contribution in [2.24, 2.45) is 0 Å². The number of furan rings is 2. The van der Waals surface area contributed by atoms with Crippen LogP contribution in [0.4, 0.5) is 11.4 Å². The molecule has 6 heteroatoms. The van der Waals surface area contributed by atoms with Crippen molar-refractivity contribution in [1.29, 1.82) is 0 Å². The minimum Gasteiger partial charge on any atom is -0.456 e. The number of anilines is 2. The number of rotatable bonds is 3. The Morgan fingerprint density at radius 3 is 1.91 bits per heavy atom. The minimum absolute atomic E-state index is 0.00127. The first-order chi connectivity index (χ1) is 34.0. The second-order valence-electron chi connectivity index (χ2n) is 21.7. The van der Waals surface area contributed by atoms with Gasteiger partial charge >= 0.3 is 6.85 Å². The molecule has 15 rings (SSSR count). The van der Waals surface area contributed by atoms with Crippen LogP contribution < -0.4 is 15.7 Å². The Morgan fingerprint density at radius 1 is 0.457 bits per heavy atom. The summed E-state index contributed by atoms with van der Waals surface area (Å²) in [7, 11) is 0. The summed E-state index contributed by atoms with van der Waals surface area (Å²) in [6.07, 6.45) is 0. The van der Waals surface area contributed by atoms with Gasteiger partial charge in [0.25, 0.3) is 0 Å². The van der Waals surface area contributed by atoms with Crippen molar-refractivity contribution in [1.82, 2.24) is 4.57 Å². The molecule has 0 atom stereocenters. The van der Waals surface area contributed by atoms with Gasteiger partial charge in [-0.1, -0.05) is 157 Å². The lowest BCUT2D eigenvalue weighted by Gasteiger charge is -2.42. The molecule has 6 heterocycles. The monoisotopic (exact) mass is 918 g/mol. The lowest BCUT2D eigenvalue weighted by molar-refractivity contribution is 0.587. The number of fused-ring (bicyclic) bond motifs is 15. The predicted octanol–water partition coefficient (Wildman–Crippen LogP) is 17.0. The van der Waals surface area contributed by atoms with Crippen molar-refractivity contribution in [3.8, 4) is 39.3 Å². The molecule has 13 aromatic rings. The molecule has 2 aliphatic rings. The third kappa shape index (κ3) is 5.54. The fraction of sp³-hybridized carbons (Fsp3) is 0.125. The fourth-order valence-electron chi connectivity index (χ4n) is 12.0. The van der Waals surface area contributed by atoms with Gasteiger partial charge in [0, 0.05) is 86.9 Å². The maximum Gasteiger partial charge on any atom is 0.333 e. The molecule has 0 unspecified atom stereocenters. The average molecular weight is 919 g/mol. The Morgan fingerprint density at radius 2 is 1.14 bits per heavy atom. The topological polar surface area (TPSA) is 34.5 Å². The molecule has 0 aliphatic carbocycles. The van der Waals surface area contributed by atoms with Crippen LogP contribution in [0.5, 0.6) is 0 Å². The number of aromatic nitrogens is 1. The minimum atomic E-state index is -0.204. The van der Waals surface area contributed by atoms with E-state index >= 15 is 0 Å². The zero-order valence-corrected chi connectivity index (χ0v) is 40.8. The number of hydrogen-bond donors (Lipinski definition) is 0. The molecule has 0 saturated carbocycles. The lowest BCUT2D eigenvalue weighted by atomic mass is 9.44. The Bertz CT molecular complexity index is 4370. The molecule has 0 N–H and O–H groups in total. The number of hydrogen-bond acceptors (Lipinski definition) is 4. The molecular formula is C64H47BN2O2S. The first-order valence-corrected chi connectivity index (χ1v) is 25.3. The first-order valence-electron chi connectivity index (χ1n) is 24.5. The van der Waals surface area contributed by atoms with E-state index in [0.717, 1.165) is 66.7 Å². The normalized spacial score (nSPS) is 13.5. The molecule has 4 aromatic heterocycles. The average Bonchev–Trinajstić information content (AvgIpc) is 4.12. The molecule has 0 fully saturated rings. The van der Waals surface area contributed by atoms with Crippen molar-refractivity contribution in [2.75, 3.05) is 4.81 Å². The van der Waals surface area contributed by atoms with Crippen LogP contribution in [0.25, 0.3) is 114 Å². The van der Waals surface area contributed by atoms with Crippen molar-refractivity contribution in [2.45, 2.75) is 52.4 Å². The predicted molar refractivity (Wildman–Crippen MR) is 298 cm³/mol. The third-order valence-electron chi connectivity index (χ3n) is 15.5. The molecule has 70 heavy (non-hydrogen) atoms. The summed E-state index contributed by atoms with van der Waals surface area (Å²) in [4.78, 5) is 2.60. The van der Waals surface area contributed by atoms with Crippen LogP contribution in [0.15, 0.2) is 185 Å². The molecule has 9 aromatic carbocycles. The Balaban J connectivity index is 1.10. The number of nitrogens with zero attached hydrogens (tertiary/aromatic N) is 2. The molecular weight excluding hydrogens is 872 g/mol. The summed E-state index contributed by atoms with van der Waals surface area (Å²) >= 11 is 1.88. The largest absolute Gasteiger partial charge is 0.456 e. The molecule has 2 aliphatic heterocycles. The molecule has 334 valence electrons. The van der Waals surface area contributed by atoms with Crippen LogP contribution >= 0.6 is 11.3 Å². The highest BCUT2D eigenvalue weighted by molar-refractivity contribution is 7.25. The first kappa shape index (κ1) is 40.1. The van der Waals surface area contributed by atoms with Gasteiger partial charge in [0.2, 0.25) is 0 Å². The standard InChI is InChI=1S/C64H47BN2O2S/c1-63(2,3)38-21-24-40(25-22-38)67-52-34-56-47(41-26-23-39(64(4,5)6)29-54(41)68-56)30-45(52)43-27-28-44-46-31-48-42-19-13-14-20-57(42)70-58(48)35-51(46)66-53-32-49-55(33-50(53)65(67)60(43)61(44)66)69-62(37-17-11-8-12-18-37)59(49)36-15-9-7-10-16-36/h7-35H,1-6H3. The number of benzene rings is 9. The van der Waals surface area contributed by atoms with Crippen molar-refractivity contribution in [3.63, 3.8) is 0 Å². The summed E-state index contributed by atoms with van der Waals surface area (Å²) in [5.41, 5.74) is 19.4. The highest BCUT2D eigenvalue weighted by atomic mass is 32.1. The summed E-state index contributed by atoms with van der Waals surface area (Å²) in [5, 5.41) is 8.50. The van der Waals surface area contributed by atoms with E-state index < -0.39 is 0 Å². The maximum atomic E-state index is 7.22. The summed E-state index contributed by atoms with van der Waals surface area (Å²) in [6, 6.07) is 65.6. The van der Waals surface area contributed by atoms with E-state index in [9.17, 15) is 0 Å². The van der Waals surface area contributed by atoms with Gasteiger partial charge in [0.1, 0.15) is 22.5 Å². The summed E-state index contributed by atoms with van der Waals surface area (Å²) in [5.74, 6) is 0.877. The van der Waals surface area contributed by atoms with Gasteiger partial charge in [-0.2, -0.15) is 0 Å². The molecule has 0 bridgehead atoms. The van der Waals surface area contributed by atoms with E-state index in [1.807, 2.05) is 11.3 Å². The maximum absolute atomic E-state index is 7.22. The highest BCUT2D eigenvalue weighted by Crippen LogP contribution is 2.50. The number of thiophene rings is 1. The Hall–Kier alpha value is -7.80. The van der Waals surface area contributed by atoms with E-state index in [2.05, 4.69) is 227 Å². The molecule has 0 spiro atoms. The van der Waals surface area contributed by atoms with Crippen LogP contribution in [-0.2, 0) is 10.8 Å². The van der Waals surface area contributed by atoms with E-state index in [1.165, 1.54) is 80.8 Å². The quantitative estimate of drug-likeness (QED) is 0.166. The van der Waals surface area contributed by atoms with E-state index in [-0.39, 0.29) is 17.7 Å². The fourth-order valence-corrected chi connectivity index (χ4v) is 13.1. The van der Waals surface area contributed by atoms with Gasteiger partial charge in [0.05, 0.1) is 11.0 Å². The smallest absolute Gasteiger partial charge is 0.333 e. The Kier molecular flexibility index (Phi) is 7.98. The molecule has 0 saturated heterocycles. The zero-order valence-electron chi connectivity index (χ0n) is 39.9. The molecule has 0 amide bonds. The second-order valence-corrected chi connectivity index (χ2v) is 22.7. The molecule has 0 radical (unpaired) electrons. The van der Waals surface area contributed by atoms with Gasteiger partial charge in [-0.05, 0) is 98.6 Å². The van der Waals surface area contributed by atoms with Gasteiger partial charge in [-0.3, -0.25) is 0 Å². The lowest BCUT2D eigenvalue weighted by Crippen LogP contribution is -2.60. The molecule has 4 nitrogen and oxygen atoms in total. The van der Waals surface area contributed by atoms with E-state index in [0.29, 0.717) is 0 Å². The SMILES string of the molecule is CC(C)(C)c1ccc(N2B3c4cc5oc(-c6ccccc6)c(-c6ccccc6)c5cc4-n4c5cc6sc7ccccc7c6cc5c5ccc(c3c54)-c3cc4c(cc32)oc2cc(C(C)(C)C)ccc24)cc1. The van der Waals surface area contributed by atoms with Gasteiger partial charge in [0.15, 0.2) is 0 Å². The van der Waals surface area contributed by atoms with Gasteiger partial charge in [-0.15, -0.1) is 11.3 Å². The van der Waals surface area contributed by atoms with Crippen molar-refractivity contribution >= 4 is 115 Å². The van der Waals surface area contributed by atoms with Crippen LogP contribution in [0.2, 0.25) is 0 Å². The second kappa shape index (κ2) is 13.9. The third-order valence-corrected chi connectivity index (χ3v) is 16.6. The summed E-state index contributed by atoms with van der Waals surface area (Å²) in [6.45, 7) is 13.5. The van der Waals surface area contributed by atoms with E-state index in [4.69, 9.17) is 8.83 Å². The van der Waals surface area contributed by atoms with Crippen LogP contribution in [0, 0.1) is 0 Å². The van der Waals surface area contributed by atoms with Gasteiger partial charge < -0.3 is 18.2 Å². The zero-order chi connectivity index (χ0) is 46.9. The Labute approximate surface area is 410 Å². The van der Waals surface area contributed by atoms with Crippen molar-refractivity contribution in [3.05, 3.63) is 187 Å². The van der Waals surface area contributed by atoms with Crippen LogP contribution in [0.3, 0.4) is 0 Å². The highest BCUT2D eigenvalue weighted by Gasteiger charge is 2.45. The van der Waals surface area contributed by atoms with Crippen LogP contribution in [-0.4, -0.2) is 11.4 Å². The van der Waals surface area contributed by atoms with Crippen molar-refractivity contribution < 1.29 is 8.83 Å². The summed E-state index contributed by atoms with van der Waals surface area (Å²) < 4.78 is 19.3. The van der Waals surface area contributed by atoms with Crippen LogP contribution in [0.1, 0.15) is 52.7 Å².